The molecule has 0 atom stereocenters. The number of hydrogen-bond acceptors (Lipinski definition) is 5. The van der Waals surface area contributed by atoms with Gasteiger partial charge < -0.3 is 0 Å². The van der Waals surface area contributed by atoms with Crippen molar-refractivity contribution in [3.63, 3.8) is 0 Å². The van der Waals surface area contributed by atoms with Gasteiger partial charge in [0.05, 0.1) is 5.69 Å². The molecule has 2 aromatic heterocycles. The lowest BCUT2D eigenvalue weighted by Gasteiger charge is -2.10. The molecule has 1 amide bonds. The number of aryl methyl sites for hydroxylation is 2. The number of thiazole rings is 1. The van der Waals surface area contributed by atoms with Crippen molar-refractivity contribution in [1.29, 1.82) is 0 Å². The molecule has 0 spiro atoms. The summed E-state index contributed by atoms with van der Waals surface area (Å²) in [6.45, 7) is 5.62. The van der Waals surface area contributed by atoms with Crippen molar-refractivity contribution < 1.29 is 9.59 Å². The third-order valence-electron chi connectivity index (χ3n) is 3.97. The van der Waals surface area contributed by atoms with E-state index >= 15 is 0 Å². The molecule has 1 aromatic carbocycles. The van der Waals surface area contributed by atoms with E-state index in [1.807, 2.05) is 31.4 Å². The first-order valence-electron chi connectivity index (χ1n) is 8.21. The summed E-state index contributed by atoms with van der Waals surface area (Å²) in [5.41, 5.74) is 5.55. The van der Waals surface area contributed by atoms with E-state index in [-0.39, 0.29) is 11.7 Å². The van der Waals surface area contributed by atoms with Gasteiger partial charge in [-0.2, -0.15) is 0 Å². The minimum atomic E-state index is -0.210. The third kappa shape index (κ3) is 4.03. The summed E-state index contributed by atoms with van der Waals surface area (Å²) in [5.74, 6) is -0.0649. The molecule has 0 bridgehead atoms. The van der Waals surface area contributed by atoms with Gasteiger partial charge in [-0.1, -0.05) is 12.1 Å². The van der Waals surface area contributed by atoms with Crippen molar-refractivity contribution in [2.24, 2.45) is 0 Å². The van der Waals surface area contributed by atoms with Crippen LogP contribution in [-0.4, -0.2) is 21.7 Å². The lowest BCUT2D eigenvalue weighted by Crippen LogP contribution is -2.11. The topological polar surface area (TPSA) is 72.0 Å². The first-order valence-corrected chi connectivity index (χ1v) is 9.09. The highest BCUT2D eigenvalue weighted by Gasteiger charge is 2.14. The summed E-state index contributed by atoms with van der Waals surface area (Å²) in [6, 6.07) is 7.37. The predicted octanol–water partition coefficient (Wildman–Crippen LogP) is 4.21. The number of pyridine rings is 1. The maximum atomic E-state index is 12.2. The van der Waals surface area contributed by atoms with Gasteiger partial charge in [-0.3, -0.25) is 19.9 Å². The number of anilines is 1. The second-order valence-electron chi connectivity index (χ2n) is 6.21. The standard InChI is InChI=1S/C20H19N3O2S/c1-12-8-15(10-14(3)24)9-13(2)18(12)17-11-26-20(22-17)23-19(25)16-4-6-21-7-5-16/h4-9,11H,10H2,1-3H3,(H,22,23,25). The number of ketones is 1. The molecule has 6 heteroatoms. The third-order valence-corrected chi connectivity index (χ3v) is 4.73. The Kier molecular flexibility index (Phi) is 5.23. The average Bonchev–Trinajstić information content (AvgIpc) is 3.02. The van der Waals surface area contributed by atoms with Crippen LogP contribution in [0.1, 0.15) is 34.0 Å². The number of nitrogens with one attached hydrogen (secondary N) is 1. The summed E-state index contributed by atoms with van der Waals surface area (Å²) < 4.78 is 0. The van der Waals surface area contributed by atoms with Crippen LogP contribution >= 0.6 is 11.3 Å². The number of nitrogens with zero attached hydrogens (tertiary/aromatic N) is 2. The van der Waals surface area contributed by atoms with Gasteiger partial charge in [-0.25, -0.2) is 4.98 Å². The molecule has 0 aliphatic heterocycles. The molecule has 3 rings (SSSR count). The van der Waals surface area contributed by atoms with Gasteiger partial charge in [0.2, 0.25) is 0 Å². The Morgan fingerprint density at radius 1 is 1.12 bits per heavy atom. The SMILES string of the molecule is CC(=O)Cc1cc(C)c(-c2csc(NC(=O)c3ccncc3)n2)c(C)c1. The highest BCUT2D eigenvalue weighted by Crippen LogP contribution is 2.31. The summed E-state index contributed by atoms with van der Waals surface area (Å²) in [7, 11) is 0. The maximum absolute atomic E-state index is 12.2. The summed E-state index contributed by atoms with van der Waals surface area (Å²) in [4.78, 5) is 32.1. The van der Waals surface area contributed by atoms with Crippen LogP contribution in [0, 0.1) is 13.8 Å². The number of amides is 1. The van der Waals surface area contributed by atoms with E-state index in [1.165, 1.54) is 11.3 Å². The maximum Gasteiger partial charge on any atom is 0.257 e. The summed E-state index contributed by atoms with van der Waals surface area (Å²) in [5, 5.41) is 5.30. The Balaban J connectivity index is 1.84. The minimum absolute atomic E-state index is 0.145. The molecule has 0 saturated heterocycles. The fraction of sp³-hybridized carbons (Fsp3) is 0.200. The zero-order valence-electron chi connectivity index (χ0n) is 14.9. The van der Waals surface area contributed by atoms with Crippen LogP contribution in [0.5, 0.6) is 0 Å². The van der Waals surface area contributed by atoms with Crippen molar-refractivity contribution in [2.45, 2.75) is 27.2 Å². The first-order chi connectivity index (χ1) is 12.4. The normalized spacial score (nSPS) is 10.6. The van der Waals surface area contributed by atoms with Gasteiger partial charge in [-0.15, -0.1) is 11.3 Å². The van der Waals surface area contributed by atoms with E-state index in [0.29, 0.717) is 17.1 Å². The first kappa shape index (κ1) is 17.9. The molecule has 2 heterocycles. The Morgan fingerprint density at radius 2 is 1.77 bits per heavy atom. The number of Topliss-reactive ketones (excluding diaryl/α,β-unsaturated/α-hetero) is 1. The summed E-state index contributed by atoms with van der Waals surface area (Å²) in [6.07, 6.45) is 3.60. The Bertz CT molecular complexity index is 941. The van der Waals surface area contributed by atoms with E-state index in [9.17, 15) is 9.59 Å². The van der Waals surface area contributed by atoms with Crippen LogP contribution in [-0.2, 0) is 11.2 Å². The Morgan fingerprint density at radius 3 is 2.38 bits per heavy atom. The van der Waals surface area contributed by atoms with Crippen molar-refractivity contribution in [2.75, 3.05) is 5.32 Å². The molecule has 0 aliphatic carbocycles. The zero-order valence-corrected chi connectivity index (χ0v) is 15.7. The molecule has 5 nitrogen and oxygen atoms in total. The lowest BCUT2D eigenvalue weighted by atomic mass is 9.95. The van der Waals surface area contributed by atoms with Gasteiger partial charge in [0.1, 0.15) is 5.78 Å². The van der Waals surface area contributed by atoms with E-state index in [1.54, 1.807) is 31.5 Å². The number of aromatic nitrogens is 2. The molecule has 1 N–H and O–H groups in total. The highest BCUT2D eigenvalue weighted by atomic mass is 32.1. The Labute approximate surface area is 156 Å². The number of hydrogen-bond donors (Lipinski definition) is 1. The largest absolute Gasteiger partial charge is 0.300 e. The van der Waals surface area contributed by atoms with E-state index in [2.05, 4.69) is 15.3 Å². The van der Waals surface area contributed by atoms with E-state index in [4.69, 9.17) is 0 Å². The average molecular weight is 365 g/mol. The van der Waals surface area contributed by atoms with Gasteiger partial charge in [-0.05, 0) is 49.6 Å². The molecule has 0 radical (unpaired) electrons. The van der Waals surface area contributed by atoms with Crippen molar-refractivity contribution in [3.05, 3.63) is 64.3 Å². The van der Waals surface area contributed by atoms with Crippen molar-refractivity contribution in [1.82, 2.24) is 9.97 Å². The number of rotatable bonds is 5. The number of carbonyl (C=O) groups is 2. The summed E-state index contributed by atoms with van der Waals surface area (Å²) >= 11 is 1.39. The van der Waals surface area contributed by atoms with Crippen LogP contribution in [0.4, 0.5) is 5.13 Å². The van der Waals surface area contributed by atoms with Crippen LogP contribution in [0.3, 0.4) is 0 Å². The van der Waals surface area contributed by atoms with Gasteiger partial charge in [0, 0.05) is 35.3 Å². The fourth-order valence-electron chi connectivity index (χ4n) is 2.97. The monoisotopic (exact) mass is 365 g/mol. The van der Waals surface area contributed by atoms with Gasteiger partial charge >= 0.3 is 0 Å². The van der Waals surface area contributed by atoms with E-state index < -0.39 is 0 Å². The Hall–Kier alpha value is -2.86. The molecular weight excluding hydrogens is 346 g/mol. The second-order valence-corrected chi connectivity index (χ2v) is 7.07. The molecule has 132 valence electrons. The van der Waals surface area contributed by atoms with Crippen molar-refractivity contribution in [3.8, 4) is 11.3 Å². The molecule has 26 heavy (non-hydrogen) atoms. The molecular formula is C20H19N3O2S. The smallest absolute Gasteiger partial charge is 0.257 e. The van der Waals surface area contributed by atoms with Crippen LogP contribution in [0.15, 0.2) is 42.0 Å². The molecule has 0 saturated carbocycles. The van der Waals surface area contributed by atoms with Gasteiger partial charge in [0.15, 0.2) is 5.13 Å². The van der Waals surface area contributed by atoms with Crippen LogP contribution < -0.4 is 5.32 Å². The number of benzene rings is 1. The molecule has 0 aliphatic rings. The molecule has 0 unspecified atom stereocenters. The number of carbonyl (C=O) groups excluding carboxylic acids is 2. The quantitative estimate of drug-likeness (QED) is 0.735. The van der Waals surface area contributed by atoms with Crippen molar-refractivity contribution >= 4 is 28.2 Å². The minimum Gasteiger partial charge on any atom is -0.300 e. The lowest BCUT2D eigenvalue weighted by molar-refractivity contribution is -0.116. The van der Waals surface area contributed by atoms with Gasteiger partial charge in [0.25, 0.3) is 5.91 Å². The zero-order chi connectivity index (χ0) is 18.7. The van der Waals surface area contributed by atoms with E-state index in [0.717, 1.165) is 27.9 Å². The fourth-order valence-corrected chi connectivity index (χ4v) is 3.66. The van der Waals surface area contributed by atoms with Crippen LogP contribution in [0.2, 0.25) is 0 Å². The highest BCUT2D eigenvalue weighted by molar-refractivity contribution is 7.14. The molecule has 3 aromatic rings. The second kappa shape index (κ2) is 7.58. The predicted molar refractivity (Wildman–Crippen MR) is 104 cm³/mol. The molecule has 0 fully saturated rings. The van der Waals surface area contributed by atoms with Crippen LogP contribution in [0.25, 0.3) is 11.3 Å².